The first kappa shape index (κ1) is 16.0. The van der Waals surface area contributed by atoms with Gasteiger partial charge in [-0.25, -0.2) is 4.21 Å². The lowest BCUT2D eigenvalue weighted by atomic mass is 10.1. The van der Waals surface area contributed by atoms with Crippen molar-refractivity contribution in [1.29, 1.82) is 5.26 Å². The maximum atomic E-state index is 13.4. The van der Waals surface area contributed by atoms with E-state index < -0.39 is 9.73 Å². The number of benzene rings is 3. The fraction of sp³-hybridized carbons (Fsp3) is 0.0500. The number of nitrogens with zero attached hydrogens (tertiary/aromatic N) is 2. The first-order chi connectivity index (χ1) is 11.6. The van der Waals surface area contributed by atoms with E-state index in [4.69, 9.17) is 5.26 Å². The Morgan fingerprint density at radius 1 is 0.792 bits per heavy atom. The number of rotatable bonds is 3. The molecule has 4 heteroatoms. The van der Waals surface area contributed by atoms with E-state index in [1.165, 1.54) is 0 Å². The smallest absolute Gasteiger partial charge is 0.215 e. The normalized spacial score (nSPS) is 12.8. The van der Waals surface area contributed by atoms with Gasteiger partial charge in [0.15, 0.2) is 0 Å². The average Bonchev–Trinajstić information content (AvgIpc) is 2.63. The molecule has 0 bridgehead atoms. The van der Waals surface area contributed by atoms with E-state index in [-0.39, 0.29) is 0 Å². The van der Waals surface area contributed by atoms with E-state index in [1.807, 2.05) is 61.5 Å². The lowest BCUT2D eigenvalue weighted by Crippen LogP contribution is -2.01. The Balaban J connectivity index is 2.08. The zero-order valence-electron chi connectivity index (χ0n) is 13.2. The molecule has 0 aliphatic rings. The number of hydrogen-bond donors (Lipinski definition) is 0. The van der Waals surface area contributed by atoms with Crippen molar-refractivity contribution >= 4 is 9.73 Å². The maximum Gasteiger partial charge on any atom is 0.215 e. The van der Waals surface area contributed by atoms with Gasteiger partial charge in [-0.2, -0.15) is 5.26 Å². The molecule has 1 unspecified atom stereocenters. The quantitative estimate of drug-likeness (QED) is 0.632. The number of hydrogen-bond acceptors (Lipinski definition) is 3. The fourth-order valence-electron chi connectivity index (χ4n) is 2.48. The molecule has 0 aliphatic carbocycles. The summed E-state index contributed by atoms with van der Waals surface area (Å²) in [4.78, 5) is 1.08. The van der Waals surface area contributed by atoms with Gasteiger partial charge in [-0.1, -0.05) is 60.2 Å². The van der Waals surface area contributed by atoms with Crippen molar-refractivity contribution in [1.82, 2.24) is 0 Å². The Morgan fingerprint density at radius 3 is 1.83 bits per heavy atom. The summed E-state index contributed by atoms with van der Waals surface area (Å²) in [5.74, 6) is 0. The van der Waals surface area contributed by atoms with Gasteiger partial charge in [-0.05, 0) is 42.3 Å². The van der Waals surface area contributed by atoms with Crippen molar-refractivity contribution in [2.45, 2.75) is 16.7 Å². The van der Waals surface area contributed by atoms with Crippen LogP contribution >= 0.6 is 0 Å². The minimum Gasteiger partial charge on any atom is -0.239 e. The molecule has 0 spiro atoms. The summed E-state index contributed by atoms with van der Waals surface area (Å²) >= 11 is 0. The monoisotopic (exact) mass is 332 g/mol. The van der Waals surface area contributed by atoms with Crippen LogP contribution in [-0.2, 0) is 9.73 Å². The third kappa shape index (κ3) is 3.08. The van der Waals surface area contributed by atoms with Gasteiger partial charge in [0.05, 0.1) is 9.79 Å². The van der Waals surface area contributed by atoms with Crippen LogP contribution in [0.1, 0.15) is 5.56 Å². The largest absolute Gasteiger partial charge is 0.239 e. The highest BCUT2D eigenvalue weighted by Gasteiger charge is 2.16. The Hall–Kier alpha value is -2.90. The molecule has 24 heavy (non-hydrogen) atoms. The van der Waals surface area contributed by atoms with Crippen LogP contribution in [0.2, 0.25) is 0 Å². The van der Waals surface area contributed by atoms with E-state index in [1.54, 1.807) is 30.5 Å². The van der Waals surface area contributed by atoms with Gasteiger partial charge in [0.2, 0.25) is 6.19 Å². The zero-order chi connectivity index (χ0) is 17.0. The highest BCUT2D eigenvalue weighted by Crippen LogP contribution is 2.27. The Morgan fingerprint density at radius 2 is 1.29 bits per heavy atom. The van der Waals surface area contributed by atoms with Crippen molar-refractivity contribution in [2.75, 3.05) is 0 Å². The molecule has 0 aromatic heterocycles. The standard InChI is InChI=1S/C20H16N2OS/c1-16-7-11-19(12-8-16)24(23,22-15-21)20-13-9-18(10-14-20)17-5-3-2-4-6-17/h2-14H,1H3. The molecular weight excluding hydrogens is 316 g/mol. The number of aryl methyl sites for hydroxylation is 1. The summed E-state index contributed by atoms with van der Waals surface area (Å²) in [6.07, 6.45) is 1.72. The second kappa shape index (κ2) is 6.69. The third-order valence-electron chi connectivity index (χ3n) is 3.79. The molecule has 0 radical (unpaired) electrons. The van der Waals surface area contributed by atoms with E-state index in [9.17, 15) is 4.21 Å². The van der Waals surface area contributed by atoms with E-state index in [2.05, 4.69) is 4.36 Å². The molecule has 118 valence electrons. The van der Waals surface area contributed by atoms with E-state index in [0.29, 0.717) is 9.79 Å². The third-order valence-corrected chi connectivity index (χ3v) is 5.95. The van der Waals surface area contributed by atoms with Crippen molar-refractivity contribution in [3.05, 3.63) is 84.4 Å². The second-order valence-electron chi connectivity index (χ2n) is 5.42. The number of nitriles is 1. The van der Waals surface area contributed by atoms with Gasteiger partial charge in [0.1, 0.15) is 9.73 Å². The van der Waals surface area contributed by atoms with Gasteiger partial charge >= 0.3 is 0 Å². The van der Waals surface area contributed by atoms with Crippen LogP contribution in [0.15, 0.2) is 93.0 Å². The van der Waals surface area contributed by atoms with Crippen LogP contribution in [0.5, 0.6) is 0 Å². The molecule has 3 aromatic rings. The molecule has 0 heterocycles. The highest BCUT2D eigenvalue weighted by atomic mass is 32.2. The molecule has 3 aromatic carbocycles. The molecule has 1 atom stereocenters. The summed E-state index contributed by atoms with van der Waals surface area (Å²) in [5, 5.41) is 9.02. The minimum atomic E-state index is -2.95. The van der Waals surface area contributed by atoms with Gasteiger partial charge < -0.3 is 0 Å². The molecular formula is C20H16N2OS. The van der Waals surface area contributed by atoms with Crippen LogP contribution in [0.4, 0.5) is 0 Å². The minimum absolute atomic E-state index is 0.535. The Bertz CT molecular complexity index is 992. The topological polar surface area (TPSA) is 53.2 Å². The molecule has 3 nitrogen and oxygen atoms in total. The second-order valence-corrected chi connectivity index (χ2v) is 7.60. The zero-order valence-corrected chi connectivity index (χ0v) is 14.0. The van der Waals surface area contributed by atoms with Crippen molar-refractivity contribution in [3.8, 4) is 17.3 Å². The van der Waals surface area contributed by atoms with Crippen LogP contribution < -0.4 is 0 Å². The van der Waals surface area contributed by atoms with Gasteiger partial charge in [0, 0.05) is 0 Å². The molecule has 0 aliphatic heterocycles. The Kier molecular flexibility index (Phi) is 4.45. The Labute approximate surface area is 142 Å². The van der Waals surface area contributed by atoms with Crippen molar-refractivity contribution in [2.24, 2.45) is 4.36 Å². The highest BCUT2D eigenvalue weighted by molar-refractivity contribution is 7.93. The fourth-order valence-corrected chi connectivity index (χ4v) is 4.09. The predicted molar refractivity (Wildman–Crippen MR) is 95.8 cm³/mol. The summed E-state index contributed by atoms with van der Waals surface area (Å²) < 4.78 is 17.1. The molecule has 0 saturated heterocycles. The summed E-state index contributed by atoms with van der Waals surface area (Å²) in [6.45, 7) is 1.96. The molecule has 0 N–H and O–H groups in total. The summed E-state index contributed by atoms with van der Waals surface area (Å²) in [6, 6.07) is 24.6. The molecule has 0 saturated carbocycles. The van der Waals surface area contributed by atoms with Gasteiger partial charge in [0.25, 0.3) is 0 Å². The molecule has 0 amide bonds. The lowest BCUT2D eigenvalue weighted by Gasteiger charge is -2.10. The summed E-state index contributed by atoms with van der Waals surface area (Å²) in [5.41, 5.74) is 3.18. The summed E-state index contributed by atoms with van der Waals surface area (Å²) in [7, 11) is -2.95. The van der Waals surface area contributed by atoms with Crippen LogP contribution in [0.25, 0.3) is 11.1 Å². The van der Waals surface area contributed by atoms with Crippen molar-refractivity contribution in [3.63, 3.8) is 0 Å². The van der Waals surface area contributed by atoms with E-state index >= 15 is 0 Å². The lowest BCUT2D eigenvalue weighted by molar-refractivity contribution is 0.676. The first-order valence-electron chi connectivity index (χ1n) is 7.51. The van der Waals surface area contributed by atoms with Gasteiger partial charge in [-0.3, -0.25) is 0 Å². The van der Waals surface area contributed by atoms with Crippen LogP contribution in [0.3, 0.4) is 0 Å². The van der Waals surface area contributed by atoms with Crippen LogP contribution in [-0.4, -0.2) is 4.21 Å². The predicted octanol–water partition coefficient (Wildman–Crippen LogP) is 5.03. The first-order valence-corrected chi connectivity index (χ1v) is 9.02. The van der Waals surface area contributed by atoms with Crippen LogP contribution in [0, 0.1) is 18.4 Å². The average molecular weight is 332 g/mol. The maximum absolute atomic E-state index is 13.4. The molecule has 0 fully saturated rings. The van der Waals surface area contributed by atoms with Gasteiger partial charge in [-0.15, -0.1) is 4.36 Å². The molecule has 3 rings (SSSR count). The van der Waals surface area contributed by atoms with E-state index in [0.717, 1.165) is 16.7 Å². The SMILES string of the molecule is Cc1ccc(S(=O)(=NC#N)c2ccc(-c3ccccc3)cc2)cc1. The van der Waals surface area contributed by atoms with Crippen molar-refractivity contribution < 1.29 is 4.21 Å².